The second-order valence-electron chi connectivity index (χ2n) is 7.31. The van der Waals surface area contributed by atoms with Gasteiger partial charge in [0.1, 0.15) is 11.4 Å². The molecule has 130 valence electrons. The Labute approximate surface area is 146 Å². The van der Waals surface area contributed by atoms with Crippen LogP contribution in [0.3, 0.4) is 0 Å². The average Bonchev–Trinajstić information content (AvgIpc) is 2.89. The normalized spacial score (nSPS) is 18.9. The summed E-state index contributed by atoms with van der Waals surface area (Å²) in [6.07, 6.45) is 1.64. The van der Waals surface area contributed by atoms with E-state index in [-0.39, 0.29) is 12.0 Å². The Bertz CT molecular complexity index is 727. The monoisotopic (exact) mass is 350 g/mol. The van der Waals surface area contributed by atoms with Crippen LogP contribution < -0.4 is 0 Å². The van der Waals surface area contributed by atoms with Crippen molar-refractivity contribution in [2.45, 2.75) is 52.1 Å². The van der Waals surface area contributed by atoms with Gasteiger partial charge >= 0.3 is 6.09 Å². The summed E-state index contributed by atoms with van der Waals surface area (Å²) in [5.74, 6) is 1.01. The fourth-order valence-electron chi connectivity index (χ4n) is 2.91. The molecule has 24 heavy (non-hydrogen) atoms. The molecule has 0 aliphatic carbocycles. The lowest BCUT2D eigenvalue weighted by atomic mass is 9.98. The van der Waals surface area contributed by atoms with E-state index in [1.54, 1.807) is 4.90 Å². The summed E-state index contributed by atoms with van der Waals surface area (Å²) in [5.41, 5.74) is 1.78. The number of H-pyrrole nitrogens is 1. The van der Waals surface area contributed by atoms with Crippen LogP contribution in [-0.2, 0) is 4.74 Å². The van der Waals surface area contributed by atoms with Gasteiger partial charge in [0, 0.05) is 19.0 Å². The van der Waals surface area contributed by atoms with Gasteiger partial charge in [0.05, 0.1) is 16.2 Å². The molecule has 1 aliphatic rings. The zero-order chi connectivity index (χ0) is 17.5. The number of aromatic nitrogens is 3. The van der Waals surface area contributed by atoms with Gasteiger partial charge in [-0.05, 0) is 46.6 Å². The van der Waals surface area contributed by atoms with Crippen LogP contribution in [0.4, 0.5) is 4.79 Å². The van der Waals surface area contributed by atoms with Crippen LogP contribution >= 0.6 is 11.6 Å². The lowest BCUT2D eigenvalue weighted by molar-refractivity contribution is 0.0196. The number of hydrogen-bond donors (Lipinski definition) is 1. The van der Waals surface area contributed by atoms with E-state index in [9.17, 15) is 4.79 Å². The maximum atomic E-state index is 12.3. The molecule has 3 rings (SSSR count). The quantitative estimate of drug-likeness (QED) is 0.842. The van der Waals surface area contributed by atoms with Gasteiger partial charge in [-0.15, -0.1) is 0 Å². The van der Waals surface area contributed by atoms with Crippen molar-refractivity contribution in [1.29, 1.82) is 0 Å². The molecule has 1 atom stereocenters. The zero-order valence-corrected chi connectivity index (χ0v) is 15.3. The minimum Gasteiger partial charge on any atom is -0.444 e. The first-order valence-corrected chi connectivity index (χ1v) is 8.61. The number of piperidine rings is 1. The van der Waals surface area contributed by atoms with Gasteiger partial charge in [-0.1, -0.05) is 11.6 Å². The number of pyridine rings is 1. The fourth-order valence-corrected chi connectivity index (χ4v) is 3.06. The molecule has 1 fully saturated rings. The van der Waals surface area contributed by atoms with Gasteiger partial charge < -0.3 is 14.6 Å². The van der Waals surface area contributed by atoms with Crippen LogP contribution in [0, 0.1) is 6.92 Å². The maximum absolute atomic E-state index is 12.3. The molecule has 0 radical (unpaired) electrons. The molecular weight excluding hydrogens is 328 g/mol. The molecule has 1 aliphatic heterocycles. The molecule has 0 unspecified atom stereocenters. The molecule has 0 bridgehead atoms. The maximum Gasteiger partial charge on any atom is 0.410 e. The van der Waals surface area contributed by atoms with Crippen molar-refractivity contribution in [3.63, 3.8) is 0 Å². The van der Waals surface area contributed by atoms with Crippen molar-refractivity contribution in [3.8, 4) is 0 Å². The summed E-state index contributed by atoms with van der Waals surface area (Å²) in [6, 6.07) is 1.85. The molecule has 1 amide bonds. The highest BCUT2D eigenvalue weighted by molar-refractivity contribution is 6.31. The van der Waals surface area contributed by atoms with Crippen molar-refractivity contribution in [2.75, 3.05) is 13.1 Å². The highest BCUT2D eigenvalue weighted by Crippen LogP contribution is 2.28. The Morgan fingerprint density at radius 3 is 2.88 bits per heavy atom. The standard InChI is InChI=1S/C17H23ClN4O2/c1-10-12(18)8-13-15(19-10)21-14(20-13)11-6-5-7-22(9-11)16(23)24-17(2,3)4/h8,11H,5-7,9H2,1-4H3,(H,19,20,21)/t11-/m1/s1. The molecule has 1 N–H and O–H groups in total. The lowest BCUT2D eigenvalue weighted by Crippen LogP contribution is -2.42. The van der Waals surface area contributed by atoms with E-state index >= 15 is 0 Å². The highest BCUT2D eigenvalue weighted by atomic mass is 35.5. The Balaban J connectivity index is 1.78. The topological polar surface area (TPSA) is 71.1 Å². The van der Waals surface area contributed by atoms with Crippen LogP contribution in [-0.4, -0.2) is 44.6 Å². The Morgan fingerprint density at radius 2 is 2.17 bits per heavy atom. The third kappa shape index (κ3) is 3.64. The first kappa shape index (κ1) is 17.0. The Hall–Kier alpha value is -1.82. The largest absolute Gasteiger partial charge is 0.444 e. The summed E-state index contributed by atoms with van der Waals surface area (Å²) < 4.78 is 5.48. The van der Waals surface area contributed by atoms with Crippen molar-refractivity contribution < 1.29 is 9.53 Å². The van der Waals surface area contributed by atoms with E-state index in [1.165, 1.54) is 0 Å². The molecule has 0 aromatic carbocycles. The summed E-state index contributed by atoms with van der Waals surface area (Å²) in [6.45, 7) is 8.81. The van der Waals surface area contributed by atoms with Gasteiger partial charge in [0.15, 0.2) is 5.65 Å². The zero-order valence-electron chi connectivity index (χ0n) is 14.5. The van der Waals surface area contributed by atoms with Crippen molar-refractivity contribution in [1.82, 2.24) is 19.9 Å². The lowest BCUT2D eigenvalue weighted by Gasteiger charge is -2.33. The van der Waals surface area contributed by atoms with E-state index in [2.05, 4.69) is 15.0 Å². The first-order valence-electron chi connectivity index (χ1n) is 8.23. The number of likely N-dealkylation sites (tertiary alicyclic amines) is 1. The number of aromatic amines is 1. The molecule has 6 nitrogen and oxygen atoms in total. The molecule has 2 aromatic heterocycles. The number of aryl methyl sites for hydroxylation is 1. The smallest absolute Gasteiger partial charge is 0.410 e. The minimum absolute atomic E-state index is 0.152. The van der Waals surface area contributed by atoms with E-state index in [4.69, 9.17) is 16.3 Å². The number of ether oxygens (including phenoxy) is 1. The molecule has 2 aromatic rings. The number of hydrogen-bond acceptors (Lipinski definition) is 4. The molecule has 3 heterocycles. The predicted molar refractivity (Wildman–Crippen MR) is 93.4 cm³/mol. The van der Waals surface area contributed by atoms with Crippen LogP contribution in [0.2, 0.25) is 5.02 Å². The van der Waals surface area contributed by atoms with E-state index in [0.29, 0.717) is 17.2 Å². The number of carbonyl (C=O) groups excluding carboxylic acids is 1. The summed E-state index contributed by atoms with van der Waals surface area (Å²) in [4.78, 5) is 26.4. The number of fused-ring (bicyclic) bond motifs is 1. The van der Waals surface area contributed by atoms with Gasteiger partial charge in [-0.2, -0.15) is 0 Å². The van der Waals surface area contributed by atoms with E-state index < -0.39 is 5.60 Å². The van der Waals surface area contributed by atoms with Crippen LogP contribution in [0.5, 0.6) is 0 Å². The van der Waals surface area contributed by atoms with Gasteiger partial charge in [0.2, 0.25) is 0 Å². The number of imidazole rings is 1. The predicted octanol–water partition coefficient (Wildman–Crippen LogP) is 4.03. The summed E-state index contributed by atoms with van der Waals surface area (Å²) in [7, 11) is 0. The minimum atomic E-state index is -0.485. The Morgan fingerprint density at radius 1 is 1.42 bits per heavy atom. The van der Waals surface area contributed by atoms with Gasteiger partial charge in [0.25, 0.3) is 0 Å². The molecular formula is C17H23ClN4O2. The van der Waals surface area contributed by atoms with Gasteiger partial charge in [-0.3, -0.25) is 0 Å². The summed E-state index contributed by atoms with van der Waals surface area (Å²) >= 11 is 6.13. The third-order valence-electron chi connectivity index (χ3n) is 4.08. The number of amides is 1. The molecule has 0 saturated carbocycles. The second-order valence-corrected chi connectivity index (χ2v) is 7.72. The van der Waals surface area contributed by atoms with Crippen molar-refractivity contribution in [2.24, 2.45) is 0 Å². The highest BCUT2D eigenvalue weighted by Gasteiger charge is 2.29. The second kappa shape index (κ2) is 6.24. The number of halogens is 1. The van der Waals surface area contributed by atoms with Crippen LogP contribution in [0.25, 0.3) is 11.2 Å². The number of carbonyl (C=O) groups is 1. The molecule has 1 saturated heterocycles. The van der Waals surface area contributed by atoms with E-state index in [1.807, 2.05) is 33.8 Å². The first-order chi connectivity index (χ1) is 11.2. The third-order valence-corrected chi connectivity index (χ3v) is 4.46. The average molecular weight is 351 g/mol. The van der Waals surface area contributed by atoms with Crippen LogP contribution in [0.1, 0.15) is 51.0 Å². The number of nitrogens with zero attached hydrogens (tertiary/aromatic N) is 3. The SMILES string of the molecule is Cc1nc2nc([C@@H]3CCCN(C(=O)OC(C)(C)C)C3)[nH]c2cc1Cl. The number of nitrogens with one attached hydrogen (secondary N) is 1. The fraction of sp³-hybridized carbons (Fsp3) is 0.588. The van der Waals surface area contributed by atoms with E-state index in [0.717, 1.165) is 36.4 Å². The summed E-state index contributed by atoms with van der Waals surface area (Å²) in [5, 5.41) is 0.622. The van der Waals surface area contributed by atoms with Crippen molar-refractivity contribution in [3.05, 3.63) is 22.6 Å². The van der Waals surface area contributed by atoms with Crippen molar-refractivity contribution >= 4 is 28.9 Å². The van der Waals surface area contributed by atoms with Crippen LogP contribution in [0.15, 0.2) is 6.07 Å². The molecule has 7 heteroatoms. The Kier molecular flexibility index (Phi) is 4.42. The van der Waals surface area contributed by atoms with Gasteiger partial charge in [-0.25, -0.2) is 14.8 Å². The number of rotatable bonds is 1. The molecule has 0 spiro atoms.